The molecule has 2 N–H and O–H groups in total. The first-order valence-electron chi connectivity index (χ1n) is 7.46. The van der Waals surface area contributed by atoms with E-state index in [9.17, 15) is 5.11 Å². The molecule has 3 nitrogen and oxygen atoms in total. The summed E-state index contributed by atoms with van der Waals surface area (Å²) in [5.41, 5.74) is 0. The van der Waals surface area contributed by atoms with Crippen molar-refractivity contribution in [2.45, 2.75) is 36.5 Å². The standard InChI is InChI=1S/C16H24ClNO2S/c1-21-16(8-4-5-9-16)12-18-10-13(19)11-20-15-7-3-2-6-14(15)17/h2-3,6-7,13,18-19H,4-5,8-12H2,1H3. The Morgan fingerprint density at radius 1 is 1.38 bits per heavy atom. The smallest absolute Gasteiger partial charge is 0.138 e. The summed E-state index contributed by atoms with van der Waals surface area (Å²) in [4.78, 5) is 0. The third kappa shape index (κ3) is 5.06. The number of ether oxygens (including phenoxy) is 1. The topological polar surface area (TPSA) is 41.5 Å². The van der Waals surface area contributed by atoms with Gasteiger partial charge in [0.05, 0.1) is 5.02 Å². The average molecular weight is 330 g/mol. The number of aliphatic hydroxyl groups is 1. The van der Waals surface area contributed by atoms with E-state index in [0.29, 0.717) is 22.1 Å². The Kier molecular flexibility index (Phi) is 6.68. The van der Waals surface area contributed by atoms with Crippen LogP contribution in [0.2, 0.25) is 5.02 Å². The predicted molar refractivity (Wildman–Crippen MR) is 90.5 cm³/mol. The summed E-state index contributed by atoms with van der Waals surface area (Å²) in [5.74, 6) is 0.620. The predicted octanol–water partition coefficient (Wildman–Crippen LogP) is 3.35. The van der Waals surface area contributed by atoms with Gasteiger partial charge in [0, 0.05) is 17.8 Å². The maximum Gasteiger partial charge on any atom is 0.138 e. The van der Waals surface area contributed by atoms with Gasteiger partial charge in [-0.1, -0.05) is 36.6 Å². The molecule has 0 aromatic heterocycles. The Morgan fingerprint density at radius 2 is 2.10 bits per heavy atom. The quantitative estimate of drug-likeness (QED) is 0.767. The largest absolute Gasteiger partial charge is 0.489 e. The van der Waals surface area contributed by atoms with Crippen molar-refractivity contribution in [1.82, 2.24) is 5.32 Å². The van der Waals surface area contributed by atoms with E-state index in [1.165, 1.54) is 25.7 Å². The number of para-hydroxylation sites is 1. The highest BCUT2D eigenvalue weighted by molar-refractivity contribution is 8.00. The Labute approximate surface area is 136 Å². The molecule has 5 heteroatoms. The van der Waals surface area contributed by atoms with Crippen molar-refractivity contribution in [2.75, 3.05) is 26.0 Å². The van der Waals surface area contributed by atoms with Crippen molar-refractivity contribution in [1.29, 1.82) is 0 Å². The molecule has 0 saturated heterocycles. The van der Waals surface area contributed by atoms with Gasteiger partial charge in [-0.2, -0.15) is 11.8 Å². The number of nitrogens with one attached hydrogen (secondary N) is 1. The zero-order valence-corrected chi connectivity index (χ0v) is 14.1. The van der Waals surface area contributed by atoms with Crippen LogP contribution in [0.25, 0.3) is 0 Å². The minimum atomic E-state index is -0.526. The normalized spacial score (nSPS) is 18.6. The van der Waals surface area contributed by atoms with Gasteiger partial charge in [0.15, 0.2) is 0 Å². The number of halogens is 1. The third-order valence-corrected chi connectivity index (χ3v) is 5.77. The SMILES string of the molecule is CSC1(CNCC(O)COc2ccccc2Cl)CCCC1. The summed E-state index contributed by atoms with van der Waals surface area (Å²) in [7, 11) is 0. The summed E-state index contributed by atoms with van der Waals surface area (Å²) in [6.45, 7) is 1.76. The van der Waals surface area contributed by atoms with Gasteiger partial charge in [0.2, 0.25) is 0 Å². The molecule has 118 valence electrons. The molecule has 0 heterocycles. The Balaban J connectivity index is 1.68. The van der Waals surface area contributed by atoms with Crippen LogP contribution in [0.15, 0.2) is 24.3 Å². The second kappa shape index (κ2) is 8.28. The lowest BCUT2D eigenvalue weighted by Crippen LogP contribution is -2.40. The van der Waals surface area contributed by atoms with Crippen LogP contribution in [0.3, 0.4) is 0 Å². The molecule has 1 saturated carbocycles. The van der Waals surface area contributed by atoms with Crippen LogP contribution in [0.1, 0.15) is 25.7 Å². The maximum absolute atomic E-state index is 9.99. The molecular weight excluding hydrogens is 306 g/mol. The van der Waals surface area contributed by atoms with Gasteiger partial charge in [-0.25, -0.2) is 0 Å². The van der Waals surface area contributed by atoms with Crippen molar-refractivity contribution in [3.8, 4) is 5.75 Å². The van der Waals surface area contributed by atoms with E-state index in [-0.39, 0.29) is 6.61 Å². The van der Waals surface area contributed by atoms with Crippen LogP contribution in [0, 0.1) is 0 Å². The molecule has 0 amide bonds. The van der Waals surface area contributed by atoms with E-state index >= 15 is 0 Å². The van der Waals surface area contributed by atoms with Crippen LogP contribution in [0.5, 0.6) is 5.75 Å². The molecule has 21 heavy (non-hydrogen) atoms. The van der Waals surface area contributed by atoms with E-state index in [0.717, 1.165) is 6.54 Å². The van der Waals surface area contributed by atoms with Crippen LogP contribution in [-0.4, -0.2) is 41.9 Å². The summed E-state index contributed by atoms with van der Waals surface area (Å²) in [6.07, 6.45) is 6.84. The lowest BCUT2D eigenvalue weighted by atomic mass is 10.1. The molecule has 0 spiro atoms. The van der Waals surface area contributed by atoms with Gasteiger partial charge in [0.1, 0.15) is 18.5 Å². The fraction of sp³-hybridized carbons (Fsp3) is 0.625. The van der Waals surface area contributed by atoms with Crippen molar-refractivity contribution in [2.24, 2.45) is 0 Å². The Morgan fingerprint density at radius 3 is 2.76 bits per heavy atom. The molecule has 1 atom stereocenters. The van der Waals surface area contributed by atoms with Crippen molar-refractivity contribution in [3.63, 3.8) is 0 Å². The highest BCUT2D eigenvalue weighted by atomic mass is 35.5. The van der Waals surface area contributed by atoms with Gasteiger partial charge in [-0.15, -0.1) is 0 Å². The molecule has 2 rings (SSSR count). The number of thioether (sulfide) groups is 1. The number of hydrogen-bond donors (Lipinski definition) is 2. The summed E-state index contributed by atoms with van der Waals surface area (Å²) in [5, 5.41) is 14.0. The Hall–Kier alpha value is -0.420. The molecule has 0 aliphatic heterocycles. The second-order valence-corrected chi connectivity index (χ2v) is 7.30. The highest BCUT2D eigenvalue weighted by Gasteiger charge is 2.32. The van der Waals surface area contributed by atoms with E-state index in [1.54, 1.807) is 6.07 Å². The molecule has 1 aromatic carbocycles. The van der Waals surface area contributed by atoms with Crippen LogP contribution >= 0.6 is 23.4 Å². The first kappa shape index (κ1) is 16.9. The molecule has 1 aliphatic rings. The van der Waals surface area contributed by atoms with Crippen LogP contribution in [-0.2, 0) is 0 Å². The summed E-state index contributed by atoms with van der Waals surface area (Å²) >= 11 is 7.96. The molecule has 1 unspecified atom stereocenters. The van der Waals surface area contributed by atoms with Crippen molar-refractivity contribution >= 4 is 23.4 Å². The van der Waals surface area contributed by atoms with Gasteiger partial charge in [-0.05, 0) is 31.2 Å². The third-order valence-electron chi connectivity index (χ3n) is 4.04. The molecular formula is C16H24ClNO2S. The number of benzene rings is 1. The van der Waals surface area contributed by atoms with Crippen LogP contribution in [0.4, 0.5) is 0 Å². The number of aliphatic hydroxyl groups excluding tert-OH is 1. The van der Waals surface area contributed by atoms with E-state index in [4.69, 9.17) is 16.3 Å². The first-order valence-corrected chi connectivity index (χ1v) is 9.07. The van der Waals surface area contributed by atoms with E-state index in [1.807, 2.05) is 30.0 Å². The molecule has 1 aliphatic carbocycles. The van der Waals surface area contributed by atoms with Crippen LogP contribution < -0.4 is 10.1 Å². The zero-order chi connectivity index (χ0) is 15.1. The summed E-state index contributed by atoms with van der Waals surface area (Å²) in [6, 6.07) is 7.32. The van der Waals surface area contributed by atoms with Crippen molar-refractivity contribution in [3.05, 3.63) is 29.3 Å². The van der Waals surface area contributed by atoms with Gasteiger partial charge in [0.25, 0.3) is 0 Å². The van der Waals surface area contributed by atoms with Crippen molar-refractivity contribution < 1.29 is 9.84 Å². The monoisotopic (exact) mass is 329 g/mol. The lowest BCUT2D eigenvalue weighted by molar-refractivity contribution is 0.106. The average Bonchev–Trinajstić information content (AvgIpc) is 2.96. The highest BCUT2D eigenvalue weighted by Crippen LogP contribution is 2.39. The molecule has 0 radical (unpaired) electrons. The molecule has 1 aromatic rings. The fourth-order valence-corrected chi connectivity index (χ4v) is 3.88. The molecule has 0 bridgehead atoms. The maximum atomic E-state index is 9.99. The number of hydrogen-bond acceptors (Lipinski definition) is 4. The van der Waals surface area contributed by atoms with Gasteiger partial charge < -0.3 is 15.2 Å². The zero-order valence-electron chi connectivity index (χ0n) is 12.5. The minimum absolute atomic E-state index is 0.253. The Bertz CT molecular complexity index is 438. The molecule has 1 fully saturated rings. The fourth-order valence-electron chi connectivity index (χ4n) is 2.75. The lowest BCUT2D eigenvalue weighted by Gasteiger charge is -2.27. The summed E-state index contributed by atoms with van der Waals surface area (Å²) < 4.78 is 5.91. The van der Waals surface area contributed by atoms with Gasteiger partial charge in [-0.3, -0.25) is 0 Å². The first-order chi connectivity index (χ1) is 10.2. The number of rotatable bonds is 8. The van der Waals surface area contributed by atoms with E-state index < -0.39 is 6.10 Å². The van der Waals surface area contributed by atoms with E-state index in [2.05, 4.69) is 11.6 Å². The minimum Gasteiger partial charge on any atom is -0.489 e. The second-order valence-electron chi connectivity index (χ2n) is 5.62. The van der Waals surface area contributed by atoms with Gasteiger partial charge >= 0.3 is 0 Å².